The van der Waals surface area contributed by atoms with Crippen molar-refractivity contribution in [3.05, 3.63) is 65.6 Å². The normalized spacial score (nSPS) is 11.3. The van der Waals surface area contributed by atoms with Gasteiger partial charge >= 0.3 is 6.36 Å². The van der Waals surface area contributed by atoms with Crippen molar-refractivity contribution in [1.29, 1.82) is 0 Å². The van der Waals surface area contributed by atoms with E-state index in [1.165, 1.54) is 17.0 Å². The van der Waals surface area contributed by atoms with Crippen LogP contribution in [0.3, 0.4) is 0 Å². The molecule has 6 nitrogen and oxygen atoms in total. The van der Waals surface area contributed by atoms with Crippen LogP contribution in [0.15, 0.2) is 53.2 Å². The number of ether oxygens (including phenoxy) is 1. The average molecular weight is 405 g/mol. The van der Waals surface area contributed by atoms with E-state index >= 15 is 0 Å². The van der Waals surface area contributed by atoms with Crippen molar-refractivity contribution >= 4 is 5.91 Å². The third-order valence-corrected chi connectivity index (χ3v) is 4.20. The minimum absolute atomic E-state index is 0.191. The van der Waals surface area contributed by atoms with Gasteiger partial charge in [0, 0.05) is 37.5 Å². The zero-order valence-corrected chi connectivity index (χ0v) is 15.7. The summed E-state index contributed by atoms with van der Waals surface area (Å²) < 4.78 is 46.1. The molecule has 3 aromatic rings. The van der Waals surface area contributed by atoms with Gasteiger partial charge in [-0.05, 0) is 43.3 Å². The largest absolute Gasteiger partial charge is 0.573 e. The molecule has 3 rings (SSSR count). The predicted molar refractivity (Wildman–Crippen MR) is 98.3 cm³/mol. The third-order valence-electron chi connectivity index (χ3n) is 4.20. The lowest BCUT2D eigenvalue weighted by molar-refractivity contribution is -0.274. The number of likely N-dealkylation sites (N-methyl/N-ethyl adjacent to an activating group) is 1. The van der Waals surface area contributed by atoms with Gasteiger partial charge in [0.25, 0.3) is 5.91 Å². The zero-order valence-electron chi connectivity index (χ0n) is 15.7. The molecule has 0 N–H and O–H groups in total. The van der Waals surface area contributed by atoms with Gasteiger partial charge in [0.05, 0.1) is 5.69 Å². The summed E-state index contributed by atoms with van der Waals surface area (Å²) in [5.74, 6) is -0.473. The molecular formula is C20H18F3N3O3. The second-order valence-electron chi connectivity index (χ2n) is 6.34. The monoisotopic (exact) mass is 405 g/mol. The summed E-state index contributed by atoms with van der Waals surface area (Å²) in [5.41, 5.74) is 1.93. The van der Waals surface area contributed by atoms with E-state index in [1.54, 1.807) is 20.2 Å². The van der Waals surface area contributed by atoms with E-state index in [1.807, 2.05) is 18.2 Å². The molecule has 0 fully saturated rings. The number of alkyl halides is 3. The molecule has 0 saturated carbocycles. The quantitative estimate of drug-likeness (QED) is 0.613. The molecule has 0 aliphatic carbocycles. The smallest absolute Gasteiger partial charge is 0.406 e. The summed E-state index contributed by atoms with van der Waals surface area (Å²) in [5, 5.41) is 3.85. The van der Waals surface area contributed by atoms with Crippen LogP contribution in [0.4, 0.5) is 13.2 Å². The number of aromatic nitrogens is 2. The number of benzene rings is 1. The van der Waals surface area contributed by atoms with Crippen molar-refractivity contribution in [2.75, 3.05) is 13.6 Å². The molecule has 0 saturated heterocycles. The number of halogens is 3. The highest BCUT2D eigenvalue weighted by Gasteiger charge is 2.31. The van der Waals surface area contributed by atoms with Crippen LogP contribution in [-0.2, 0) is 6.42 Å². The maximum atomic E-state index is 12.9. The minimum atomic E-state index is -4.78. The highest BCUT2D eigenvalue weighted by molar-refractivity contribution is 6.00. The van der Waals surface area contributed by atoms with E-state index < -0.39 is 6.36 Å². The summed E-state index contributed by atoms with van der Waals surface area (Å²) in [6, 6.07) is 10.6. The molecule has 0 unspecified atom stereocenters. The van der Waals surface area contributed by atoms with Crippen LogP contribution in [0, 0.1) is 6.92 Å². The number of amides is 1. The Morgan fingerprint density at radius 1 is 1.17 bits per heavy atom. The van der Waals surface area contributed by atoms with E-state index in [0.717, 1.165) is 17.8 Å². The molecule has 1 aromatic carbocycles. The van der Waals surface area contributed by atoms with Crippen LogP contribution in [0.1, 0.15) is 21.7 Å². The van der Waals surface area contributed by atoms with Crippen molar-refractivity contribution < 1.29 is 27.2 Å². The van der Waals surface area contributed by atoms with E-state index in [4.69, 9.17) is 4.52 Å². The minimum Gasteiger partial charge on any atom is -0.406 e. The van der Waals surface area contributed by atoms with Gasteiger partial charge < -0.3 is 14.2 Å². The number of nitrogens with zero attached hydrogens (tertiary/aromatic N) is 3. The summed E-state index contributed by atoms with van der Waals surface area (Å²) >= 11 is 0. The summed E-state index contributed by atoms with van der Waals surface area (Å²) in [6.45, 7) is 2.06. The fourth-order valence-electron chi connectivity index (χ4n) is 2.75. The fraction of sp³-hybridized carbons (Fsp3) is 0.250. The maximum Gasteiger partial charge on any atom is 0.573 e. The number of carbonyl (C=O) groups is 1. The van der Waals surface area contributed by atoms with E-state index in [9.17, 15) is 18.0 Å². The lowest BCUT2D eigenvalue weighted by Crippen LogP contribution is -2.29. The second-order valence-corrected chi connectivity index (χ2v) is 6.34. The van der Waals surface area contributed by atoms with Gasteiger partial charge in [-0.1, -0.05) is 11.2 Å². The van der Waals surface area contributed by atoms with Crippen molar-refractivity contribution in [3.63, 3.8) is 0 Å². The van der Waals surface area contributed by atoms with Crippen molar-refractivity contribution in [3.8, 4) is 17.1 Å². The van der Waals surface area contributed by atoms with Gasteiger partial charge in [-0.15, -0.1) is 13.2 Å². The van der Waals surface area contributed by atoms with Crippen LogP contribution >= 0.6 is 0 Å². The molecule has 0 bridgehead atoms. The van der Waals surface area contributed by atoms with E-state index in [2.05, 4.69) is 14.9 Å². The standard InChI is InChI=1S/C20H18F3N3O3/c1-13-17(19(27)26(2)12-10-15-5-3-4-11-24-15)18(29-25-13)14-6-8-16(9-7-14)28-20(21,22)23/h3-9,11H,10,12H2,1-2H3. The van der Waals surface area contributed by atoms with Gasteiger partial charge in [0.2, 0.25) is 0 Å². The second kappa shape index (κ2) is 8.34. The SMILES string of the molecule is Cc1noc(-c2ccc(OC(F)(F)F)cc2)c1C(=O)N(C)CCc1ccccn1. The van der Waals surface area contributed by atoms with Gasteiger partial charge in [0.15, 0.2) is 5.76 Å². The summed E-state index contributed by atoms with van der Waals surface area (Å²) in [7, 11) is 1.65. The molecule has 152 valence electrons. The van der Waals surface area contributed by atoms with Crippen molar-refractivity contribution in [1.82, 2.24) is 15.0 Å². The molecular weight excluding hydrogens is 387 g/mol. The Morgan fingerprint density at radius 3 is 2.52 bits per heavy atom. The first-order valence-electron chi connectivity index (χ1n) is 8.72. The molecule has 0 radical (unpaired) electrons. The number of pyridine rings is 1. The van der Waals surface area contributed by atoms with Gasteiger partial charge in [-0.2, -0.15) is 0 Å². The highest BCUT2D eigenvalue weighted by Crippen LogP contribution is 2.30. The molecule has 0 aliphatic rings. The number of hydrogen-bond donors (Lipinski definition) is 0. The first-order chi connectivity index (χ1) is 13.7. The lowest BCUT2D eigenvalue weighted by atomic mass is 10.1. The Morgan fingerprint density at radius 2 is 1.90 bits per heavy atom. The molecule has 0 atom stereocenters. The van der Waals surface area contributed by atoms with E-state index in [-0.39, 0.29) is 23.0 Å². The maximum absolute atomic E-state index is 12.9. The Labute approximate surface area is 164 Å². The molecule has 0 aliphatic heterocycles. The number of aryl methyl sites for hydroxylation is 1. The first kappa shape index (κ1) is 20.4. The van der Waals surface area contributed by atoms with Crippen molar-refractivity contribution in [2.45, 2.75) is 19.7 Å². The number of rotatable bonds is 6. The molecule has 9 heteroatoms. The topological polar surface area (TPSA) is 68.5 Å². The van der Waals surface area contributed by atoms with Crippen LogP contribution in [0.25, 0.3) is 11.3 Å². The van der Waals surface area contributed by atoms with Gasteiger partial charge in [-0.25, -0.2) is 0 Å². The molecule has 2 heterocycles. The number of carbonyl (C=O) groups excluding carboxylic acids is 1. The predicted octanol–water partition coefficient (Wildman–Crippen LogP) is 4.26. The fourth-order valence-corrected chi connectivity index (χ4v) is 2.75. The van der Waals surface area contributed by atoms with Crippen LogP contribution in [0.5, 0.6) is 5.75 Å². The Balaban J connectivity index is 1.77. The summed E-state index contributed by atoms with van der Waals surface area (Å²) in [4.78, 5) is 18.7. The third kappa shape index (κ3) is 5.13. The summed E-state index contributed by atoms with van der Waals surface area (Å²) in [6.07, 6.45) is -2.51. The van der Waals surface area contributed by atoms with Gasteiger partial charge in [0.1, 0.15) is 11.3 Å². The van der Waals surface area contributed by atoms with Gasteiger partial charge in [-0.3, -0.25) is 9.78 Å². The van der Waals surface area contributed by atoms with Crippen LogP contribution in [0.2, 0.25) is 0 Å². The van der Waals surface area contributed by atoms with E-state index in [0.29, 0.717) is 24.2 Å². The first-order valence-corrected chi connectivity index (χ1v) is 8.72. The van der Waals surface area contributed by atoms with Crippen molar-refractivity contribution in [2.24, 2.45) is 0 Å². The molecule has 2 aromatic heterocycles. The average Bonchev–Trinajstić information content (AvgIpc) is 3.07. The molecule has 29 heavy (non-hydrogen) atoms. The Hall–Kier alpha value is -3.36. The molecule has 1 amide bonds. The lowest BCUT2D eigenvalue weighted by Gasteiger charge is -2.17. The van der Waals surface area contributed by atoms with Crippen LogP contribution in [-0.4, -0.2) is 40.9 Å². The molecule has 0 spiro atoms. The Kier molecular flexibility index (Phi) is 5.86. The Bertz CT molecular complexity index is 970. The van der Waals surface area contributed by atoms with Crippen LogP contribution < -0.4 is 4.74 Å². The highest BCUT2D eigenvalue weighted by atomic mass is 19.4. The zero-order chi connectivity index (χ0) is 21.0. The number of hydrogen-bond acceptors (Lipinski definition) is 5.